The van der Waals surface area contributed by atoms with E-state index in [0.717, 1.165) is 18.5 Å². The molecule has 0 saturated heterocycles. The number of nitrogens with one attached hydrogen (secondary N) is 2. The molecular formula is C15H24N4O. The number of hydrazine groups is 1. The van der Waals surface area contributed by atoms with Crippen molar-refractivity contribution in [3.8, 4) is 0 Å². The molecule has 0 aliphatic heterocycles. The third kappa shape index (κ3) is 3.28. The molecule has 1 heterocycles. The summed E-state index contributed by atoms with van der Waals surface area (Å²) in [6.07, 6.45) is 2.20. The Morgan fingerprint density at radius 1 is 1.45 bits per heavy atom. The summed E-state index contributed by atoms with van der Waals surface area (Å²) in [7, 11) is 0. The number of hydrogen-bond donors (Lipinski definition) is 3. The minimum absolute atomic E-state index is 0.0460. The molecule has 1 saturated carbocycles. The molecule has 110 valence electrons. The van der Waals surface area contributed by atoms with Crippen LogP contribution in [0.1, 0.15) is 56.6 Å². The van der Waals surface area contributed by atoms with E-state index in [9.17, 15) is 4.79 Å². The molecule has 1 amide bonds. The number of hydrogen-bond acceptors (Lipinski definition) is 4. The number of nitrogen functional groups attached to an aromatic ring is 1. The van der Waals surface area contributed by atoms with Gasteiger partial charge in [0.2, 0.25) is 0 Å². The zero-order valence-corrected chi connectivity index (χ0v) is 12.7. The highest BCUT2D eigenvalue weighted by Gasteiger charge is 2.36. The summed E-state index contributed by atoms with van der Waals surface area (Å²) >= 11 is 0. The van der Waals surface area contributed by atoms with Crippen molar-refractivity contribution in [2.24, 2.45) is 11.8 Å². The minimum atomic E-state index is -0.132. The van der Waals surface area contributed by atoms with Gasteiger partial charge in [0.1, 0.15) is 5.82 Å². The molecular weight excluding hydrogens is 252 g/mol. The summed E-state index contributed by atoms with van der Waals surface area (Å²) in [5.74, 6) is 6.55. The van der Waals surface area contributed by atoms with Gasteiger partial charge in [-0.05, 0) is 24.5 Å². The largest absolute Gasteiger partial charge is 0.349 e. The molecule has 1 aromatic rings. The highest BCUT2D eigenvalue weighted by molar-refractivity contribution is 5.95. The number of nitrogens with zero attached hydrogens (tertiary/aromatic N) is 1. The second-order valence-corrected chi connectivity index (χ2v) is 6.50. The van der Waals surface area contributed by atoms with Crippen LogP contribution in [-0.4, -0.2) is 16.9 Å². The van der Waals surface area contributed by atoms with Crippen molar-refractivity contribution in [1.29, 1.82) is 0 Å². The Kier molecular flexibility index (Phi) is 3.99. The average Bonchev–Trinajstić information content (AvgIpc) is 3.15. The second-order valence-electron chi connectivity index (χ2n) is 6.50. The first kappa shape index (κ1) is 14.8. The van der Waals surface area contributed by atoms with E-state index in [1.54, 1.807) is 6.07 Å². The standard InChI is InChI=1S/C15H24N4O/c1-5-9-6-11(9)17-14(20)10-7-12(15(2,3)4)18-13(8-10)19-16/h7-9,11H,5-6,16H2,1-4H3,(H,17,20)(H,18,19). The van der Waals surface area contributed by atoms with Gasteiger partial charge in [-0.25, -0.2) is 10.8 Å². The zero-order chi connectivity index (χ0) is 14.9. The molecule has 2 atom stereocenters. The number of anilines is 1. The SMILES string of the molecule is CCC1CC1NC(=O)c1cc(NN)nc(C(C)(C)C)c1. The molecule has 4 N–H and O–H groups in total. The van der Waals surface area contributed by atoms with Crippen LogP contribution in [0.25, 0.3) is 0 Å². The number of carbonyl (C=O) groups is 1. The van der Waals surface area contributed by atoms with Gasteiger partial charge < -0.3 is 10.7 Å². The lowest BCUT2D eigenvalue weighted by Crippen LogP contribution is -2.28. The van der Waals surface area contributed by atoms with E-state index in [4.69, 9.17) is 5.84 Å². The summed E-state index contributed by atoms with van der Waals surface area (Å²) < 4.78 is 0. The Hall–Kier alpha value is -1.62. The Labute approximate surface area is 120 Å². The van der Waals surface area contributed by atoms with Gasteiger partial charge in [0.15, 0.2) is 0 Å². The number of aromatic nitrogens is 1. The first-order chi connectivity index (χ1) is 9.35. The topological polar surface area (TPSA) is 80.0 Å². The van der Waals surface area contributed by atoms with Crippen molar-refractivity contribution < 1.29 is 4.79 Å². The van der Waals surface area contributed by atoms with E-state index in [2.05, 4.69) is 43.4 Å². The van der Waals surface area contributed by atoms with Gasteiger partial charge in [-0.15, -0.1) is 0 Å². The van der Waals surface area contributed by atoms with Crippen LogP contribution in [0.4, 0.5) is 5.82 Å². The predicted molar refractivity (Wildman–Crippen MR) is 80.4 cm³/mol. The lowest BCUT2D eigenvalue weighted by Gasteiger charge is -2.19. The molecule has 20 heavy (non-hydrogen) atoms. The van der Waals surface area contributed by atoms with Crippen LogP contribution < -0.4 is 16.6 Å². The fourth-order valence-electron chi connectivity index (χ4n) is 2.25. The van der Waals surface area contributed by atoms with E-state index >= 15 is 0 Å². The zero-order valence-electron chi connectivity index (χ0n) is 12.7. The Morgan fingerprint density at radius 3 is 2.65 bits per heavy atom. The van der Waals surface area contributed by atoms with Crippen LogP contribution in [0.2, 0.25) is 0 Å². The molecule has 2 rings (SSSR count). The van der Waals surface area contributed by atoms with E-state index < -0.39 is 0 Å². The first-order valence-corrected chi connectivity index (χ1v) is 7.15. The van der Waals surface area contributed by atoms with Crippen LogP contribution in [0.3, 0.4) is 0 Å². The third-order valence-electron chi connectivity index (χ3n) is 3.77. The molecule has 0 spiro atoms. The van der Waals surface area contributed by atoms with Crippen LogP contribution in [0, 0.1) is 5.92 Å². The van der Waals surface area contributed by atoms with Crippen molar-refractivity contribution >= 4 is 11.7 Å². The van der Waals surface area contributed by atoms with Gasteiger partial charge in [-0.2, -0.15) is 0 Å². The van der Waals surface area contributed by atoms with Crippen LogP contribution in [-0.2, 0) is 5.41 Å². The number of carbonyl (C=O) groups excluding carboxylic acids is 1. The maximum Gasteiger partial charge on any atom is 0.251 e. The van der Waals surface area contributed by atoms with E-state index in [0.29, 0.717) is 23.3 Å². The fraction of sp³-hybridized carbons (Fsp3) is 0.600. The van der Waals surface area contributed by atoms with Crippen molar-refractivity contribution in [3.05, 3.63) is 23.4 Å². The lowest BCUT2D eigenvalue weighted by molar-refractivity contribution is 0.0948. The molecule has 1 aromatic heterocycles. The first-order valence-electron chi connectivity index (χ1n) is 7.15. The molecule has 0 aromatic carbocycles. The summed E-state index contributed by atoms with van der Waals surface area (Å²) in [6, 6.07) is 3.86. The number of amides is 1. The minimum Gasteiger partial charge on any atom is -0.349 e. The van der Waals surface area contributed by atoms with Crippen LogP contribution in [0.5, 0.6) is 0 Å². The molecule has 1 fully saturated rings. The number of rotatable bonds is 4. The molecule has 0 radical (unpaired) electrons. The third-order valence-corrected chi connectivity index (χ3v) is 3.77. The molecule has 2 unspecified atom stereocenters. The fourth-order valence-corrected chi connectivity index (χ4v) is 2.25. The molecule has 1 aliphatic rings. The van der Waals surface area contributed by atoms with Crippen LogP contribution in [0.15, 0.2) is 12.1 Å². The molecule has 5 heteroatoms. The van der Waals surface area contributed by atoms with Gasteiger partial charge in [0.25, 0.3) is 5.91 Å². The highest BCUT2D eigenvalue weighted by Crippen LogP contribution is 2.33. The number of pyridine rings is 1. The van der Waals surface area contributed by atoms with E-state index in [-0.39, 0.29) is 11.3 Å². The predicted octanol–water partition coefficient (Wildman–Crippen LogP) is 2.19. The van der Waals surface area contributed by atoms with E-state index in [1.807, 2.05) is 6.07 Å². The van der Waals surface area contributed by atoms with Crippen molar-refractivity contribution in [3.63, 3.8) is 0 Å². The van der Waals surface area contributed by atoms with Gasteiger partial charge >= 0.3 is 0 Å². The van der Waals surface area contributed by atoms with Gasteiger partial charge in [0.05, 0.1) is 0 Å². The van der Waals surface area contributed by atoms with E-state index in [1.165, 1.54) is 0 Å². The highest BCUT2D eigenvalue weighted by atomic mass is 16.1. The van der Waals surface area contributed by atoms with Crippen LogP contribution >= 0.6 is 0 Å². The summed E-state index contributed by atoms with van der Waals surface area (Å²) in [5, 5.41) is 3.07. The van der Waals surface area contributed by atoms with Crippen molar-refractivity contribution in [1.82, 2.24) is 10.3 Å². The van der Waals surface area contributed by atoms with Gasteiger partial charge in [0, 0.05) is 22.7 Å². The summed E-state index contributed by atoms with van der Waals surface area (Å²) in [4.78, 5) is 16.7. The normalized spacial score (nSPS) is 21.4. The monoisotopic (exact) mass is 276 g/mol. The maximum absolute atomic E-state index is 12.3. The quantitative estimate of drug-likeness (QED) is 0.582. The maximum atomic E-state index is 12.3. The molecule has 1 aliphatic carbocycles. The molecule has 0 bridgehead atoms. The number of nitrogens with two attached hydrogens (primary N) is 1. The molecule has 5 nitrogen and oxygen atoms in total. The Balaban J connectivity index is 2.20. The van der Waals surface area contributed by atoms with Gasteiger partial charge in [-0.3, -0.25) is 4.79 Å². The summed E-state index contributed by atoms with van der Waals surface area (Å²) in [6.45, 7) is 8.33. The van der Waals surface area contributed by atoms with Gasteiger partial charge in [-0.1, -0.05) is 34.1 Å². The Bertz CT molecular complexity index is 507. The smallest absolute Gasteiger partial charge is 0.251 e. The van der Waals surface area contributed by atoms with Crippen molar-refractivity contribution in [2.45, 2.75) is 52.0 Å². The summed E-state index contributed by atoms with van der Waals surface area (Å²) in [5.41, 5.74) is 3.86. The lowest BCUT2D eigenvalue weighted by atomic mass is 9.90. The second kappa shape index (κ2) is 5.40. The van der Waals surface area contributed by atoms with Crippen molar-refractivity contribution in [2.75, 3.05) is 5.43 Å². The Morgan fingerprint density at radius 2 is 2.15 bits per heavy atom. The average molecular weight is 276 g/mol.